The molecule has 146 valence electrons. The number of aromatic amines is 1. The van der Waals surface area contributed by atoms with E-state index in [4.69, 9.17) is 0 Å². The smallest absolute Gasteiger partial charge is 0.346 e. The van der Waals surface area contributed by atoms with E-state index in [-0.39, 0.29) is 25.7 Å². The highest BCUT2D eigenvalue weighted by molar-refractivity contribution is 9.10. The molecule has 3 rings (SSSR count). The third-order valence-electron chi connectivity index (χ3n) is 4.26. The number of rotatable bonds is 5. The number of H-pyrrole nitrogens is 1. The lowest BCUT2D eigenvalue weighted by atomic mass is 10.2. The number of alkyl halides is 3. The number of carbonyl (C=O) groups excluding carboxylic acids is 1. The summed E-state index contributed by atoms with van der Waals surface area (Å²) in [5.74, 6) is 0.204. The third-order valence-corrected chi connectivity index (χ3v) is 4.79. The van der Waals surface area contributed by atoms with Gasteiger partial charge < -0.3 is 15.2 Å². The van der Waals surface area contributed by atoms with Crippen LogP contribution in [0, 0.1) is 0 Å². The number of nitrogens with one attached hydrogen (secondary N) is 2. The first-order valence-corrected chi connectivity index (χ1v) is 9.10. The van der Waals surface area contributed by atoms with E-state index < -0.39 is 18.8 Å². The van der Waals surface area contributed by atoms with Gasteiger partial charge in [0.2, 0.25) is 5.91 Å². The van der Waals surface area contributed by atoms with Crippen molar-refractivity contribution in [1.82, 2.24) is 25.1 Å². The molecular formula is C17H19BrF3N5O. The topological polar surface area (TPSA) is 64.3 Å². The molecule has 1 aliphatic heterocycles. The number of hydrogen-bond acceptors (Lipinski definition) is 4. The van der Waals surface area contributed by atoms with Gasteiger partial charge in [0, 0.05) is 22.8 Å². The second-order valence-electron chi connectivity index (χ2n) is 6.36. The fraction of sp³-hybridized carbons (Fsp3) is 0.412. The standard InChI is InChI=1S/C17H19BrF3N5O/c1-22-7-15(27)26-10-25(9-17(19,20)21)8-14(26)16-23-6-13(24-16)11-2-4-12(18)5-3-11/h2-6,14,22H,7-10H2,1H3,(H,23,24). The van der Waals surface area contributed by atoms with Gasteiger partial charge in [-0.3, -0.25) is 9.69 Å². The van der Waals surface area contributed by atoms with Crippen molar-refractivity contribution in [2.45, 2.75) is 12.2 Å². The maximum Gasteiger partial charge on any atom is 0.401 e. The number of benzene rings is 1. The molecule has 2 aromatic rings. The summed E-state index contributed by atoms with van der Waals surface area (Å²) in [5.41, 5.74) is 1.55. The number of aromatic nitrogens is 2. The van der Waals surface area contributed by atoms with Gasteiger partial charge in [-0.15, -0.1) is 0 Å². The number of imidazole rings is 1. The van der Waals surface area contributed by atoms with Crippen molar-refractivity contribution in [2.24, 2.45) is 0 Å². The number of likely N-dealkylation sites (N-methyl/N-ethyl adjacent to an activating group) is 1. The van der Waals surface area contributed by atoms with Gasteiger partial charge in [0.05, 0.1) is 25.5 Å². The Morgan fingerprint density at radius 3 is 2.70 bits per heavy atom. The van der Waals surface area contributed by atoms with E-state index in [0.717, 1.165) is 10.0 Å². The molecule has 1 unspecified atom stereocenters. The highest BCUT2D eigenvalue weighted by atomic mass is 79.9. The van der Waals surface area contributed by atoms with E-state index in [1.807, 2.05) is 24.3 Å². The minimum atomic E-state index is -4.32. The number of carbonyl (C=O) groups is 1. The number of nitrogens with zero attached hydrogens (tertiary/aromatic N) is 3. The number of halogens is 4. The van der Waals surface area contributed by atoms with Crippen molar-refractivity contribution in [3.8, 4) is 11.3 Å². The molecule has 0 saturated carbocycles. The molecule has 2 N–H and O–H groups in total. The SMILES string of the molecule is CNCC(=O)N1CN(CC(F)(F)F)CC1c1nc(-c2ccc(Br)cc2)c[nH]1. The molecule has 0 aliphatic carbocycles. The largest absolute Gasteiger partial charge is 0.401 e. The van der Waals surface area contributed by atoms with Gasteiger partial charge in [-0.05, 0) is 19.2 Å². The van der Waals surface area contributed by atoms with Crippen LogP contribution in [0.4, 0.5) is 13.2 Å². The van der Waals surface area contributed by atoms with Crippen LogP contribution in [0.25, 0.3) is 11.3 Å². The van der Waals surface area contributed by atoms with Crippen LogP contribution in [0.15, 0.2) is 34.9 Å². The summed E-state index contributed by atoms with van der Waals surface area (Å²) >= 11 is 3.37. The van der Waals surface area contributed by atoms with Gasteiger partial charge >= 0.3 is 6.18 Å². The van der Waals surface area contributed by atoms with Crippen LogP contribution in [-0.4, -0.2) is 65.2 Å². The van der Waals surface area contributed by atoms with Crippen molar-refractivity contribution >= 4 is 21.8 Å². The average molecular weight is 446 g/mol. The fourth-order valence-electron chi connectivity index (χ4n) is 3.10. The van der Waals surface area contributed by atoms with Crippen molar-refractivity contribution < 1.29 is 18.0 Å². The van der Waals surface area contributed by atoms with Gasteiger partial charge in [-0.1, -0.05) is 28.1 Å². The van der Waals surface area contributed by atoms with E-state index in [0.29, 0.717) is 11.5 Å². The molecule has 2 heterocycles. The van der Waals surface area contributed by atoms with Crippen LogP contribution in [0.3, 0.4) is 0 Å². The van der Waals surface area contributed by atoms with Crippen molar-refractivity contribution in [2.75, 3.05) is 33.4 Å². The van der Waals surface area contributed by atoms with E-state index in [9.17, 15) is 18.0 Å². The van der Waals surface area contributed by atoms with Gasteiger partial charge in [-0.25, -0.2) is 4.98 Å². The fourth-order valence-corrected chi connectivity index (χ4v) is 3.36. The van der Waals surface area contributed by atoms with Gasteiger partial charge in [0.1, 0.15) is 11.9 Å². The zero-order chi connectivity index (χ0) is 19.6. The lowest BCUT2D eigenvalue weighted by Crippen LogP contribution is -2.39. The third kappa shape index (κ3) is 4.88. The Hall–Kier alpha value is -1.91. The predicted molar refractivity (Wildman–Crippen MR) is 97.7 cm³/mol. The molecule has 1 amide bonds. The molecule has 10 heteroatoms. The summed E-state index contributed by atoms with van der Waals surface area (Å²) in [5, 5.41) is 2.75. The summed E-state index contributed by atoms with van der Waals surface area (Å²) in [4.78, 5) is 22.5. The molecule has 1 atom stereocenters. The van der Waals surface area contributed by atoms with Crippen molar-refractivity contribution in [3.63, 3.8) is 0 Å². The lowest BCUT2D eigenvalue weighted by Gasteiger charge is -2.22. The Morgan fingerprint density at radius 1 is 1.37 bits per heavy atom. The Labute approximate surface area is 162 Å². The van der Waals surface area contributed by atoms with Crippen LogP contribution in [-0.2, 0) is 4.79 Å². The Balaban J connectivity index is 1.83. The molecule has 27 heavy (non-hydrogen) atoms. The Bertz CT molecular complexity index is 793. The van der Waals surface area contributed by atoms with E-state index in [1.54, 1.807) is 13.2 Å². The Kier molecular flexibility index (Phi) is 5.87. The van der Waals surface area contributed by atoms with Crippen LogP contribution in [0.2, 0.25) is 0 Å². The van der Waals surface area contributed by atoms with E-state index in [2.05, 4.69) is 31.2 Å². The normalized spacial score (nSPS) is 18.3. The summed E-state index contributed by atoms with van der Waals surface area (Å²) < 4.78 is 39.3. The number of amides is 1. The van der Waals surface area contributed by atoms with Crippen molar-refractivity contribution in [1.29, 1.82) is 0 Å². The Morgan fingerprint density at radius 2 is 2.07 bits per heavy atom. The molecule has 6 nitrogen and oxygen atoms in total. The maximum atomic E-state index is 12.8. The molecule has 1 fully saturated rings. The molecule has 0 spiro atoms. The van der Waals surface area contributed by atoms with Crippen molar-refractivity contribution in [3.05, 3.63) is 40.8 Å². The monoisotopic (exact) mass is 445 g/mol. The zero-order valence-corrected chi connectivity index (χ0v) is 16.1. The van der Waals surface area contributed by atoms with Gasteiger partial charge in [0.25, 0.3) is 0 Å². The quantitative estimate of drug-likeness (QED) is 0.742. The predicted octanol–water partition coefficient (Wildman–Crippen LogP) is 2.76. The molecule has 0 radical (unpaired) electrons. The minimum absolute atomic E-state index is 0.0522. The second-order valence-corrected chi connectivity index (χ2v) is 7.27. The van der Waals surface area contributed by atoms with Gasteiger partial charge in [-0.2, -0.15) is 13.2 Å². The van der Waals surface area contributed by atoms with Crippen LogP contribution in [0.5, 0.6) is 0 Å². The molecular weight excluding hydrogens is 427 g/mol. The summed E-state index contributed by atoms with van der Waals surface area (Å²) in [7, 11) is 1.62. The first-order chi connectivity index (χ1) is 12.8. The van der Waals surface area contributed by atoms with Gasteiger partial charge in [0.15, 0.2) is 0 Å². The highest BCUT2D eigenvalue weighted by Crippen LogP contribution is 2.30. The molecule has 0 bridgehead atoms. The summed E-state index contributed by atoms with van der Waals surface area (Å²) in [6, 6.07) is 6.98. The first-order valence-electron chi connectivity index (χ1n) is 8.31. The molecule has 1 aromatic heterocycles. The second kappa shape index (κ2) is 7.99. The maximum absolute atomic E-state index is 12.8. The van der Waals surface area contributed by atoms with Crippen LogP contribution < -0.4 is 5.32 Å². The van der Waals surface area contributed by atoms with Crippen LogP contribution >= 0.6 is 15.9 Å². The zero-order valence-electron chi connectivity index (χ0n) is 14.6. The molecule has 1 aromatic carbocycles. The van der Waals surface area contributed by atoms with E-state index in [1.165, 1.54) is 9.80 Å². The highest BCUT2D eigenvalue weighted by Gasteiger charge is 2.41. The van der Waals surface area contributed by atoms with E-state index >= 15 is 0 Å². The average Bonchev–Trinajstić information content (AvgIpc) is 3.21. The molecule has 1 aliphatic rings. The summed E-state index contributed by atoms with van der Waals surface area (Å²) in [6.07, 6.45) is -2.62. The molecule has 1 saturated heterocycles. The minimum Gasteiger partial charge on any atom is -0.346 e. The summed E-state index contributed by atoms with van der Waals surface area (Å²) in [6.45, 7) is -1.02. The first kappa shape index (κ1) is 19.8. The number of hydrogen-bond donors (Lipinski definition) is 2. The van der Waals surface area contributed by atoms with Crippen LogP contribution in [0.1, 0.15) is 11.9 Å². The lowest BCUT2D eigenvalue weighted by molar-refractivity contribution is -0.147.